The summed E-state index contributed by atoms with van der Waals surface area (Å²) in [6, 6.07) is 7.39. The Labute approximate surface area is 158 Å². The second-order valence-corrected chi connectivity index (χ2v) is 6.45. The molecule has 0 atom stereocenters. The highest BCUT2D eigenvalue weighted by Crippen LogP contribution is 2.35. The molecule has 0 unspecified atom stereocenters. The quantitative estimate of drug-likeness (QED) is 0.704. The van der Waals surface area contributed by atoms with Crippen LogP contribution in [-0.2, 0) is 6.18 Å². The van der Waals surface area contributed by atoms with Crippen LogP contribution in [0.15, 0.2) is 42.7 Å². The number of hydrogen-bond acceptors (Lipinski definition) is 4. The minimum atomic E-state index is -4.47. The Hall–Kier alpha value is -3.30. The van der Waals surface area contributed by atoms with Gasteiger partial charge in [-0.15, -0.1) is 0 Å². The molecule has 0 aliphatic carbocycles. The number of benzene rings is 1. The maximum absolute atomic E-state index is 13.2. The molecule has 146 valence electrons. The highest BCUT2D eigenvalue weighted by Gasteiger charge is 2.36. The van der Waals surface area contributed by atoms with E-state index in [1.54, 1.807) is 28.1 Å². The number of fused-ring (bicyclic) bond motifs is 1. The molecule has 1 saturated heterocycles. The Balaban J connectivity index is 1.41. The van der Waals surface area contributed by atoms with Gasteiger partial charge < -0.3 is 15.1 Å². The Morgan fingerprint density at radius 3 is 2.68 bits per heavy atom. The van der Waals surface area contributed by atoms with Gasteiger partial charge in [0.2, 0.25) is 0 Å². The monoisotopic (exact) mass is 390 g/mol. The molecule has 1 aromatic carbocycles. The van der Waals surface area contributed by atoms with E-state index in [1.165, 1.54) is 12.3 Å². The molecule has 2 aromatic heterocycles. The Morgan fingerprint density at radius 2 is 1.93 bits per heavy atom. The highest BCUT2D eigenvalue weighted by atomic mass is 19.4. The lowest BCUT2D eigenvalue weighted by atomic mass is 10.2. The number of nitrogens with one attached hydrogen (secondary N) is 2. The van der Waals surface area contributed by atoms with E-state index in [-0.39, 0.29) is 24.9 Å². The average Bonchev–Trinajstić information content (AvgIpc) is 3.15. The zero-order valence-corrected chi connectivity index (χ0v) is 14.7. The van der Waals surface area contributed by atoms with Gasteiger partial charge >= 0.3 is 12.2 Å². The number of rotatable bonds is 2. The SMILES string of the molecule is O=C(Nc1ccc2cn[nH]c2c1)N1CCN(c2ncccc2C(F)(F)F)CC1. The number of amides is 2. The molecular formula is C18H17F3N6O. The van der Waals surface area contributed by atoms with Crippen LogP contribution in [0.3, 0.4) is 0 Å². The van der Waals surface area contributed by atoms with Crippen molar-refractivity contribution in [2.24, 2.45) is 0 Å². The molecule has 1 aliphatic rings. The van der Waals surface area contributed by atoms with E-state index in [0.717, 1.165) is 17.0 Å². The van der Waals surface area contributed by atoms with E-state index in [2.05, 4.69) is 20.5 Å². The van der Waals surface area contributed by atoms with E-state index in [0.29, 0.717) is 18.8 Å². The van der Waals surface area contributed by atoms with Crippen LogP contribution in [0.5, 0.6) is 0 Å². The Kier molecular flexibility index (Phi) is 4.54. The maximum atomic E-state index is 13.2. The maximum Gasteiger partial charge on any atom is 0.419 e. The van der Waals surface area contributed by atoms with Crippen molar-refractivity contribution in [1.82, 2.24) is 20.1 Å². The van der Waals surface area contributed by atoms with Gasteiger partial charge in [-0.05, 0) is 30.3 Å². The predicted octanol–water partition coefficient (Wildman–Crippen LogP) is 3.33. The number of alkyl halides is 3. The zero-order valence-electron chi connectivity index (χ0n) is 14.7. The van der Waals surface area contributed by atoms with E-state index < -0.39 is 11.7 Å². The summed E-state index contributed by atoms with van der Waals surface area (Å²) in [5.41, 5.74) is 0.659. The van der Waals surface area contributed by atoms with Gasteiger partial charge in [-0.25, -0.2) is 9.78 Å². The molecule has 4 rings (SSSR count). The number of carbonyl (C=O) groups excluding carboxylic acids is 1. The molecule has 3 aromatic rings. The second kappa shape index (κ2) is 7.02. The van der Waals surface area contributed by atoms with Crippen molar-refractivity contribution in [3.63, 3.8) is 0 Å². The zero-order chi connectivity index (χ0) is 19.7. The van der Waals surface area contributed by atoms with Crippen molar-refractivity contribution in [2.45, 2.75) is 6.18 Å². The fourth-order valence-electron chi connectivity index (χ4n) is 3.21. The van der Waals surface area contributed by atoms with Crippen LogP contribution in [0.2, 0.25) is 0 Å². The molecular weight excluding hydrogens is 373 g/mol. The number of pyridine rings is 1. The Bertz CT molecular complexity index is 994. The number of halogens is 3. The van der Waals surface area contributed by atoms with Crippen molar-refractivity contribution < 1.29 is 18.0 Å². The third-order valence-corrected chi connectivity index (χ3v) is 4.65. The summed E-state index contributed by atoms with van der Waals surface area (Å²) in [7, 11) is 0. The van der Waals surface area contributed by atoms with Gasteiger partial charge in [0.15, 0.2) is 0 Å². The molecule has 0 bridgehead atoms. The molecule has 3 heterocycles. The smallest absolute Gasteiger partial charge is 0.353 e. The first kappa shape index (κ1) is 18.1. The molecule has 2 N–H and O–H groups in total. The van der Waals surface area contributed by atoms with Gasteiger partial charge in [0.1, 0.15) is 5.82 Å². The molecule has 28 heavy (non-hydrogen) atoms. The first-order valence-corrected chi connectivity index (χ1v) is 8.68. The number of hydrogen-bond donors (Lipinski definition) is 2. The number of carbonyl (C=O) groups is 1. The van der Waals surface area contributed by atoms with Crippen LogP contribution in [0.25, 0.3) is 10.9 Å². The van der Waals surface area contributed by atoms with Crippen molar-refractivity contribution in [1.29, 1.82) is 0 Å². The van der Waals surface area contributed by atoms with E-state index in [4.69, 9.17) is 0 Å². The number of aromatic nitrogens is 3. The number of urea groups is 1. The standard InChI is InChI=1S/C18H17F3N6O/c19-18(20,21)14-2-1-5-22-16(14)26-6-8-27(9-7-26)17(28)24-13-4-3-12-11-23-25-15(12)10-13/h1-5,10-11H,6-9H2,(H,23,25)(H,24,28). The minimum Gasteiger partial charge on any atom is -0.353 e. The van der Waals surface area contributed by atoms with Gasteiger partial charge in [0, 0.05) is 43.4 Å². The summed E-state index contributed by atoms with van der Waals surface area (Å²) in [5.74, 6) is -0.0974. The summed E-state index contributed by atoms with van der Waals surface area (Å²) in [6.07, 6.45) is -1.44. The lowest BCUT2D eigenvalue weighted by Crippen LogP contribution is -2.50. The lowest BCUT2D eigenvalue weighted by Gasteiger charge is -2.36. The van der Waals surface area contributed by atoms with Crippen LogP contribution in [0.1, 0.15) is 5.56 Å². The molecule has 10 heteroatoms. The topological polar surface area (TPSA) is 77.2 Å². The van der Waals surface area contributed by atoms with Gasteiger partial charge in [-0.1, -0.05) is 0 Å². The van der Waals surface area contributed by atoms with Crippen LogP contribution < -0.4 is 10.2 Å². The molecule has 2 amide bonds. The van der Waals surface area contributed by atoms with E-state index in [9.17, 15) is 18.0 Å². The number of piperazine rings is 1. The summed E-state index contributed by atoms with van der Waals surface area (Å²) in [5, 5.41) is 10.5. The van der Waals surface area contributed by atoms with Crippen LogP contribution in [0, 0.1) is 0 Å². The predicted molar refractivity (Wildman–Crippen MR) is 98.1 cm³/mol. The second-order valence-electron chi connectivity index (χ2n) is 6.45. The van der Waals surface area contributed by atoms with Crippen molar-refractivity contribution in [3.05, 3.63) is 48.3 Å². The molecule has 0 radical (unpaired) electrons. The number of aromatic amines is 1. The highest BCUT2D eigenvalue weighted by molar-refractivity contribution is 5.92. The molecule has 1 fully saturated rings. The van der Waals surface area contributed by atoms with Crippen LogP contribution in [0.4, 0.5) is 29.5 Å². The van der Waals surface area contributed by atoms with Gasteiger partial charge in [-0.2, -0.15) is 18.3 Å². The van der Waals surface area contributed by atoms with E-state index in [1.807, 2.05) is 6.07 Å². The molecule has 7 nitrogen and oxygen atoms in total. The van der Waals surface area contributed by atoms with Crippen LogP contribution in [-0.4, -0.2) is 52.3 Å². The Morgan fingerprint density at radius 1 is 1.14 bits per heavy atom. The third-order valence-electron chi connectivity index (χ3n) is 4.65. The van der Waals surface area contributed by atoms with Gasteiger partial charge in [-0.3, -0.25) is 5.10 Å². The summed E-state index contributed by atoms with van der Waals surface area (Å²) in [6.45, 7) is 1.14. The van der Waals surface area contributed by atoms with Crippen LogP contribution >= 0.6 is 0 Å². The summed E-state index contributed by atoms with van der Waals surface area (Å²) < 4.78 is 39.6. The van der Waals surface area contributed by atoms with E-state index >= 15 is 0 Å². The summed E-state index contributed by atoms with van der Waals surface area (Å²) in [4.78, 5) is 19.5. The number of anilines is 2. The molecule has 0 saturated carbocycles. The first-order chi connectivity index (χ1) is 13.4. The van der Waals surface area contributed by atoms with Crippen molar-refractivity contribution in [3.8, 4) is 0 Å². The average molecular weight is 390 g/mol. The first-order valence-electron chi connectivity index (χ1n) is 8.68. The summed E-state index contributed by atoms with van der Waals surface area (Å²) >= 11 is 0. The third kappa shape index (κ3) is 3.57. The fraction of sp³-hybridized carbons (Fsp3) is 0.278. The number of nitrogens with zero attached hydrogens (tertiary/aromatic N) is 4. The number of H-pyrrole nitrogens is 1. The fourth-order valence-corrected chi connectivity index (χ4v) is 3.21. The van der Waals surface area contributed by atoms with Gasteiger partial charge in [0.05, 0.1) is 17.3 Å². The lowest BCUT2D eigenvalue weighted by molar-refractivity contribution is -0.137. The van der Waals surface area contributed by atoms with Crippen molar-refractivity contribution in [2.75, 3.05) is 36.4 Å². The van der Waals surface area contributed by atoms with Crippen molar-refractivity contribution >= 4 is 28.4 Å². The normalized spacial score (nSPS) is 15.1. The van der Waals surface area contributed by atoms with Gasteiger partial charge in [0.25, 0.3) is 0 Å². The molecule has 1 aliphatic heterocycles. The largest absolute Gasteiger partial charge is 0.419 e. The minimum absolute atomic E-state index is 0.0974. The molecule has 0 spiro atoms.